The fourth-order valence-electron chi connectivity index (χ4n) is 3.81. The summed E-state index contributed by atoms with van der Waals surface area (Å²) < 4.78 is 13.1. The molecule has 3 aromatic rings. The van der Waals surface area contributed by atoms with E-state index in [0.717, 1.165) is 60.2 Å². The number of anilines is 1. The van der Waals surface area contributed by atoms with E-state index in [1.54, 1.807) is 14.2 Å². The molecule has 1 aromatic heterocycles. The number of nitrogens with two attached hydrogens (primary N) is 1. The number of imidazole rings is 1. The molecule has 6 nitrogen and oxygen atoms in total. The second-order valence-corrected chi connectivity index (χ2v) is 7.15. The quantitative estimate of drug-likeness (QED) is 0.691. The third-order valence-electron chi connectivity index (χ3n) is 5.39. The maximum atomic E-state index is 5.82. The number of methoxy groups -OCH3 is 2. The standard InChI is InChI=1S/C22H26N4O2/c1-25-20-14-26(13-16-12-18(27-2)8-9-21(16)28-3)11-10-19(20)24-22(25)15-4-6-17(23)7-5-15/h4-9,12H,10-11,13-14,23H2,1-3H3. The van der Waals surface area contributed by atoms with Crippen LogP contribution in [0.25, 0.3) is 11.4 Å². The van der Waals surface area contributed by atoms with E-state index in [1.165, 1.54) is 11.4 Å². The van der Waals surface area contributed by atoms with Gasteiger partial charge in [0.05, 0.1) is 25.6 Å². The predicted molar refractivity (Wildman–Crippen MR) is 110 cm³/mol. The Balaban J connectivity index is 1.58. The van der Waals surface area contributed by atoms with Gasteiger partial charge in [0.15, 0.2) is 0 Å². The van der Waals surface area contributed by atoms with Crippen LogP contribution in [0.15, 0.2) is 42.5 Å². The molecule has 1 aliphatic heterocycles. The van der Waals surface area contributed by atoms with E-state index in [4.69, 9.17) is 20.2 Å². The first-order valence-corrected chi connectivity index (χ1v) is 9.42. The molecule has 1 aliphatic rings. The van der Waals surface area contributed by atoms with Crippen molar-refractivity contribution in [1.29, 1.82) is 0 Å². The van der Waals surface area contributed by atoms with Crippen LogP contribution in [-0.2, 0) is 26.6 Å². The van der Waals surface area contributed by atoms with E-state index in [9.17, 15) is 0 Å². The molecule has 0 amide bonds. The van der Waals surface area contributed by atoms with Crippen molar-refractivity contribution in [3.05, 3.63) is 59.4 Å². The van der Waals surface area contributed by atoms with Crippen molar-refractivity contribution >= 4 is 5.69 Å². The topological polar surface area (TPSA) is 65.5 Å². The Bertz CT molecular complexity index is 979. The highest BCUT2D eigenvalue weighted by Gasteiger charge is 2.24. The molecular weight excluding hydrogens is 352 g/mol. The van der Waals surface area contributed by atoms with Gasteiger partial charge in [-0.2, -0.15) is 0 Å². The highest BCUT2D eigenvalue weighted by atomic mass is 16.5. The number of hydrogen-bond acceptors (Lipinski definition) is 5. The van der Waals surface area contributed by atoms with Gasteiger partial charge in [-0.3, -0.25) is 4.90 Å². The highest BCUT2D eigenvalue weighted by Crippen LogP contribution is 2.29. The first-order valence-electron chi connectivity index (χ1n) is 9.42. The summed E-state index contributed by atoms with van der Waals surface area (Å²) in [5, 5.41) is 0. The Kier molecular flexibility index (Phi) is 4.96. The van der Waals surface area contributed by atoms with Crippen molar-refractivity contribution in [1.82, 2.24) is 14.5 Å². The van der Waals surface area contributed by atoms with Crippen LogP contribution in [0.2, 0.25) is 0 Å². The normalized spacial score (nSPS) is 14.0. The number of aromatic nitrogens is 2. The molecule has 2 N–H and O–H groups in total. The molecule has 28 heavy (non-hydrogen) atoms. The molecule has 0 saturated heterocycles. The van der Waals surface area contributed by atoms with Crippen LogP contribution in [0, 0.1) is 0 Å². The lowest BCUT2D eigenvalue weighted by atomic mass is 10.1. The minimum atomic E-state index is 0.765. The van der Waals surface area contributed by atoms with Gasteiger partial charge in [-0.1, -0.05) is 0 Å². The number of ether oxygens (including phenoxy) is 2. The van der Waals surface area contributed by atoms with Crippen molar-refractivity contribution < 1.29 is 9.47 Å². The van der Waals surface area contributed by atoms with Gasteiger partial charge in [-0.15, -0.1) is 0 Å². The molecular formula is C22H26N4O2. The molecule has 0 atom stereocenters. The van der Waals surface area contributed by atoms with Gasteiger partial charge >= 0.3 is 0 Å². The maximum absolute atomic E-state index is 5.82. The Morgan fingerprint density at radius 2 is 1.86 bits per heavy atom. The summed E-state index contributed by atoms with van der Waals surface area (Å²) in [6, 6.07) is 13.8. The zero-order chi connectivity index (χ0) is 19.7. The molecule has 146 valence electrons. The summed E-state index contributed by atoms with van der Waals surface area (Å²) in [4.78, 5) is 7.33. The molecule has 2 aromatic carbocycles. The maximum Gasteiger partial charge on any atom is 0.140 e. The number of benzene rings is 2. The molecule has 0 bridgehead atoms. The second kappa shape index (κ2) is 7.56. The summed E-state index contributed by atoms with van der Waals surface area (Å²) >= 11 is 0. The first kappa shape index (κ1) is 18.4. The van der Waals surface area contributed by atoms with E-state index in [0.29, 0.717) is 0 Å². The van der Waals surface area contributed by atoms with Gasteiger partial charge in [0, 0.05) is 49.9 Å². The van der Waals surface area contributed by atoms with E-state index >= 15 is 0 Å². The third kappa shape index (κ3) is 3.43. The predicted octanol–water partition coefficient (Wildman–Crippen LogP) is 3.24. The second-order valence-electron chi connectivity index (χ2n) is 7.15. The van der Waals surface area contributed by atoms with E-state index in [-0.39, 0.29) is 0 Å². The van der Waals surface area contributed by atoms with Crippen LogP contribution >= 0.6 is 0 Å². The Labute approximate surface area is 165 Å². The summed E-state index contributed by atoms with van der Waals surface area (Å²) in [6.45, 7) is 2.63. The lowest BCUT2D eigenvalue weighted by molar-refractivity contribution is 0.234. The first-order chi connectivity index (χ1) is 13.6. The van der Waals surface area contributed by atoms with Gasteiger partial charge < -0.3 is 19.8 Å². The van der Waals surface area contributed by atoms with Gasteiger partial charge in [-0.05, 0) is 42.5 Å². The van der Waals surface area contributed by atoms with Crippen LogP contribution in [0.3, 0.4) is 0 Å². The van der Waals surface area contributed by atoms with Gasteiger partial charge in [0.1, 0.15) is 17.3 Å². The lowest BCUT2D eigenvalue weighted by Crippen LogP contribution is -2.31. The lowest BCUT2D eigenvalue weighted by Gasteiger charge is -2.27. The molecule has 0 radical (unpaired) electrons. The summed E-state index contributed by atoms with van der Waals surface area (Å²) in [7, 11) is 5.49. The average molecular weight is 378 g/mol. The summed E-state index contributed by atoms with van der Waals surface area (Å²) in [6.07, 6.45) is 0.935. The molecule has 0 fully saturated rings. The molecule has 4 rings (SSSR count). The number of hydrogen-bond donors (Lipinski definition) is 1. The molecule has 0 saturated carbocycles. The minimum Gasteiger partial charge on any atom is -0.497 e. The number of fused-ring (bicyclic) bond motifs is 1. The highest BCUT2D eigenvalue weighted by molar-refractivity contribution is 5.60. The van der Waals surface area contributed by atoms with Crippen LogP contribution < -0.4 is 15.2 Å². The van der Waals surface area contributed by atoms with Crippen molar-refractivity contribution in [2.45, 2.75) is 19.5 Å². The Morgan fingerprint density at radius 3 is 2.57 bits per heavy atom. The SMILES string of the molecule is COc1ccc(OC)c(CN2CCc3nc(-c4ccc(N)cc4)n(C)c3C2)c1. The number of nitrogen functional groups attached to an aromatic ring is 1. The minimum absolute atomic E-state index is 0.765. The molecule has 0 aliphatic carbocycles. The Morgan fingerprint density at radius 1 is 1.07 bits per heavy atom. The van der Waals surface area contributed by atoms with Gasteiger partial charge in [-0.25, -0.2) is 4.98 Å². The fourth-order valence-corrected chi connectivity index (χ4v) is 3.81. The zero-order valence-electron chi connectivity index (χ0n) is 16.6. The van der Waals surface area contributed by atoms with Gasteiger partial charge in [0.25, 0.3) is 0 Å². The van der Waals surface area contributed by atoms with Crippen molar-refractivity contribution in [2.75, 3.05) is 26.5 Å². The molecule has 0 spiro atoms. The van der Waals surface area contributed by atoms with E-state index in [2.05, 4.69) is 22.6 Å². The fraction of sp³-hybridized carbons (Fsp3) is 0.318. The number of nitrogens with zero attached hydrogens (tertiary/aromatic N) is 3. The monoisotopic (exact) mass is 378 g/mol. The van der Waals surface area contributed by atoms with Crippen LogP contribution in [0.1, 0.15) is 17.0 Å². The van der Waals surface area contributed by atoms with Crippen molar-refractivity contribution in [3.8, 4) is 22.9 Å². The van der Waals surface area contributed by atoms with E-state index < -0.39 is 0 Å². The zero-order valence-corrected chi connectivity index (χ0v) is 16.6. The summed E-state index contributed by atoms with van der Waals surface area (Å²) in [5.74, 6) is 2.73. The molecule has 6 heteroatoms. The largest absolute Gasteiger partial charge is 0.497 e. The number of rotatable bonds is 5. The van der Waals surface area contributed by atoms with Gasteiger partial charge in [0.2, 0.25) is 0 Å². The molecule has 0 unspecified atom stereocenters. The Hall–Kier alpha value is -2.99. The van der Waals surface area contributed by atoms with Crippen LogP contribution in [-0.4, -0.2) is 35.2 Å². The van der Waals surface area contributed by atoms with E-state index in [1.807, 2.05) is 36.4 Å². The van der Waals surface area contributed by atoms with Crippen LogP contribution in [0.4, 0.5) is 5.69 Å². The third-order valence-corrected chi connectivity index (χ3v) is 5.39. The smallest absolute Gasteiger partial charge is 0.140 e. The van der Waals surface area contributed by atoms with Crippen LogP contribution in [0.5, 0.6) is 11.5 Å². The average Bonchev–Trinajstić information content (AvgIpc) is 3.04. The molecule has 2 heterocycles. The van der Waals surface area contributed by atoms with Crippen molar-refractivity contribution in [2.24, 2.45) is 7.05 Å². The summed E-state index contributed by atoms with van der Waals surface area (Å²) in [5.41, 5.74) is 11.3. The van der Waals surface area contributed by atoms with Crippen molar-refractivity contribution in [3.63, 3.8) is 0 Å².